The molecule has 0 nitrogen and oxygen atoms in total. The fraction of sp³-hybridized carbons (Fsp3) is 0.143. The summed E-state index contributed by atoms with van der Waals surface area (Å²) in [5, 5.41) is 0. The second-order valence-corrected chi connectivity index (χ2v) is 3.80. The third kappa shape index (κ3) is 1.84. The fourth-order valence-electron chi connectivity index (χ4n) is 0.666. The Labute approximate surface area is 81.5 Å². The first-order chi connectivity index (χ1) is 5.16. The Bertz CT molecular complexity index is 275. The van der Waals surface area contributed by atoms with Crippen molar-refractivity contribution in [3.63, 3.8) is 0 Å². The van der Waals surface area contributed by atoms with Gasteiger partial charge in [0.2, 0.25) is 0 Å². The van der Waals surface area contributed by atoms with Crippen molar-refractivity contribution in [2.24, 2.45) is 0 Å². The molecule has 0 heterocycles. The highest BCUT2D eigenvalue weighted by molar-refractivity contribution is 14.1. The molecule has 0 amide bonds. The summed E-state index contributed by atoms with van der Waals surface area (Å²) in [5.41, 5.74) is 0. The van der Waals surface area contributed by atoms with Crippen molar-refractivity contribution in [2.45, 2.75) is 4.90 Å². The Morgan fingerprint density at radius 2 is 2.00 bits per heavy atom. The average molecular weight is 286 g/mol. The lowest BCUT2D eigenvalue weighted by atomic mass is 10.3. The Hall–Kier alpha value is 0.160. The summed E-state index contributed by atoms with van der Waals surface area (Å²) in [7, 11) is 0. The van der Waals surface area contributed by atoms with E-state index < -0.39 is 11.6 Å². The SMILES string of the molecule is CSc1ccc(F)c(F)c1I. The van der Waals surface area contributed by atoms with Crippen LogP contribution in [-0.4, -0.2) is 6.26 Å². The van der Waals surface area contributed by atoms with E-state index in [2.05, 4.69) is 0 Å². The first-order valence-electron chi connectivity index (χ1n) is 2.84. The molecule has 0 spiro atoms. The van der Waals surface area contributed by atoms with E-state index in [4.69, 9.17) is 0 Å². The predicted octanol–water partition coefficient (Wildman–Crippen LogP) is 3.29. The maximum Gasteiger partial charge on any atom is 0.173 e. The van der Waals surface area contributed by atoms with Crippen LogP contribution in [0.5, 0.6) is 0 Å². The minimum atomic E-state index is -0.785. The summed E-state index contributed by atoms with van der Waals surface area (Å²) in [6.45, 7) is 0. The van der Waals surface area contributed by atoms with Crippen molar-refractivity contribution in [2.75, 3.05) is 6.26 Å². The fourth-order valence-corrected chi connectivity index (χ4v) is 2.24. The largest absolute Gasteiger partial charge is 0.204 e. The molecule has 1 rings (SSSR count). The van der Waals surface area contributed by atoms with Gasteiger partial charge in [0.05, 0.1) is 3.57 Å². The zero-order valence-electron chi connectivity index (χ0n) is 5.70. The number of hydrogen-bond donors (Lipinski definition) is 0. The molecule has 0 radical (unpaired) electrons. The van der Waals surface area contributed by atoms with E-state index >= 15 is 0 Å². The van der Waals surface area contributed by atoms with Gasteiger partial charge in [-0.05, 0) is 41.0 Å². The molecule has 0 fully saturated rings. The third-order valence-corrected chi connectivity index (χ3v) is 3.42. The highest BCUT2D eigenvalue weighted by Gasteiger charge is 2.09. The van der Waals surface area contributed by atoms with E-state index in [0.717, 1.165) is 11.0 Å². The van der Waals surface area contributed by atoms with Crippen LogP contribution in [0.15, 0.2) is 17.0 Å². The lowest BCUT2D eigenvalue weighted by Gasteiger charge is -2.01. The summed E-state index contributed by atoms with van der Waals surface area (Å²) in [4.78, 5) is 0.768. The molecule has 0 aliphatic rings. The lowest BCUT2D eigenvalue weighted by molar-refractivity contribution is 0.500. The maximum absolute atomic E-state index is 12.8. The topological polar surface area (TPSA) is 0 Å². The molecule has 4 heteroatoms. The Balaban J connectivity index is 3.25. The predicted molar refractivity (Wildman–Crippen MR) is 50.9 cm³/mol. The van der Waals surface area contributed by atoms with E-state index in [9.17, 15) is 8.78 Å². The minimum absolute atomic E-state index is 0.357. The van der Waals surface area contributed by atoms with Crippen LogP contribution in [0.1, 0.15) is 0 Å². The molecule has 0 aliphatic heterocycles. The second-order valence-electron chi connectivity index (χ2n) is 1.88. The summed E-state index contributed by atoms with van der Waals surface area (Å²) in [6.07, 6.45) is 1.83. The summed E-state index contributed by atoms with van der Waals surface area (Å²) >= 11 is 3.20. The van der Waals surface area contributed by atoms with Gasteiger partial charge in [-0.25, -0.2) is 8.78 Å². The summed E-state index contributed by atoms with van der Waals surface area (Å²) in [5.74, 6) is -1.54. The Morgan fingerprint density at radius 3 is 2.55 bits per heavy atom. The van der Waals surface area contributed by atoms with Gasteiger partial charge in [-0.1, -0.05) is 0 Å². The molecule has 0 unspecified atom stereocenters. The lowest BCUT2D eigenvalue weighted by Crippen LogP contribution is -1.89. The molecule has 0 bridgehead atoms. The van der Waals surface area contributed by atoms with Gasteiger partial charge in [0, 0.05) is 4.90 Å². The molecule has 0 saturated heterocycles. The van der Waals surface area contributed by atoms with E-state index in [1.807, 2.05) is 6.26 Å². The molecule has 1 aromatic carbocycles. The van der Waals surface area contributed by atoms with Gasteiger partial charge < -0.3 is 0 Å². The van der Waals surface area contributed by atoms with Crippen molar-refractivity contribution in [3.8, 4) is 0 Å². The standard InChI is InChI=1S/C7H5F2IS/c1-11-5-3-2-4(8)6(9)7(5)10/h2-3H,1H3. The molecule has 0 atom stereocenters. The molecular formula is C7H5F2IS. The van der Waals surface area contributed by atoms with E-state index in [-0.39, 0.29) is 0 Å². The Morgan fingerprint density at radius 1 is 1.36 bits per heavy atom. The molecular weight excluding hydrogens is 281 g/mol. The van der Waals surface area contributed by atoms with Gasteiger partial charge in [0.25, 0.3) is 0 Å². The van der Waals surface area contributed by atoms with Gasteiger partial charge in [-0.2, -0.15) is 0 Å². The molecule has 1 aromatic rings. The van der Waals surface area contributed by atoms with Crippen LogP contribution in [0, 0.1) is 15.2 Å². The van der Waals surface area contributed by atoms with Gasteiger partial charge in [0.1, 0.15) is 0 Å². The smallest absolute Gasteiger partial charge is 0.173 e. The molecule has 60 valence electrons. The van der Waals surface area contributed by atoms with E-state index in [0.29, 0.717) is 3.57 Å². The van der Waals surface area contributed by atoms with Crippen molar-refractivity contribution >= 4 is 34.4 Å². The number of benzene rings is 1. The molecule has 0 saturated carbocycles. The number of hydrogen-bond acceptors (Lipinski definition) is 1. The summed E-state index contributed by atoms with van der Waals surface area (Å²) < 4.78 is 25.6. The quantitative estimate of drug-likeness (QED) is 0.433. The monoisotopic (exact) mass is 286 g/mol. The van der Waals surface area contributed by atoms with Crippen LogP contribution in [-0.2, 0) is 0 Å². The van der Waals surface area contributed by atoms with Crippen LogP contribution in [0.2, 0.25) is 0 Å². The summed E-state index contributed by atoms with van der Waals surface area (Å²) in [6, 6.07) is 2.72. The normalized spacial score (nSPS) is 10.2. The van der Waals surface area contributed by atoms with Crippen molar-refractivity contribution < 1.29 is 8.78 Å². The number of rotatable bonds is 1. The van der Waals surface area contributed by atoms with Crippen LogP contribution >= 0.6 is 34.4 Å². The number of thioether (sulfide) groups is 1. The first-order valence-corrected chi connectivity index (χ1v) is 5.14. The minimum Gasteiger partial charge on any atom is -0.204 e. The maximum atomic E-state index is 12.8. The molecule has 0 N–H and O–H groups in total. The zero-order chi connectivity index (χ0) is 8.43. The van der Waals surface area contributed by atoms with Gasteiger partial charge in [-0.15, -0.1) is 11.8 Å². The van der Waals surface area contributed by atoms with Crippen LogP contribution in [0.25, 0.3) is 0 Å². The van der Waals surface area contributed by atoms with Crippen molar-refractivity contribution in [3.05, 3.63) is 27.3 Å². The highest BCUT2D eigenvalue weighted by atomic mass is 127. The van der Waals surface area contributed by atoms with Crippen LogP contribution < -0.4 is 0 Å². The van der Waals surface area contributed by atoms with Crippen LogP contribution in [0.3, 0.4) is 0 Å². The van der Waals surface area contributed by atoms with Gasteiger partial charge in [0.15, 0.2) is 11.6 Å². The average Bonchev–Trinajstić information content (AvgIpc) is 2.01. The van der Waals surface area contributed by atoms with Gasteiger partial charge >= 0.3 is 0 Å². The third-order valence-electron chi connectivity index (χ3n) is 1.22. The van der Waals surface area contributed by atoms with E-state index in [1.165, 1.54) is 11.8 Å². The van der Waals surface area contributed by atoms with Crippen molar-refractivity contribution in [1.29, 1.82) is 0 Å². The number of halogens is 3. The van der Waals surface area contributed by atoms with E-state index in [1.54, 1.807) is 28.7 Å². The second kappa shape index (κ2) is 3.71. The molecule has 0 aromatic heterocycles. The molecule has 0 aliphatic carbocycles. The Kier molecular flexibility index (Phi) is 3.12. The van der Waals surface area contributed by atoms with Gasteiger partial charge in [-0.3, -0.25) is 0 Å². The van der Waals surface area contributed by atoms with Crippen molar-refractivity contribution in [1.82, 2.24) is 0 Å². The highest BCUT2D eigenvalue weighted by Crippen LogP contribution is 2.25. The first kappa shape index (κ1) is 9.25. The molecule has 11 heavy (non-hydrogen) atoms. The van der Waals surface area contributed by atoms with Crippen LogP contribution in [0.4, 0.5) is 8.78 Å². The zero-order valence-corrected chi connectivity index (χ0v) is 8.67.